The van der Waals surface area contributed by atoms with Crippen molar-refractivity contribution in [3.63, 3.8) is 0 Å². The lowest BCUT2D eigenvalue weighted by atomic mass is 10.1. The van der Waals surface area contributed by atoms with Crippen LogP contribution in [0.2, 0.25) is 5.02 Å². The second-order valence-corrected chi connectivity index (χ2v) is 7.60. The van der Waals surface area contributed by atoms with Gasteiger partial charge in [0.2, 0.25) is 0 Å². The van der Waals surface area contributed by atoms with Crippen LogP contribution < -0.4 is 5.32 Å². The summed E-state index contributed by atoms with van der Waals surface area (Å²) in [7, 11) is 1.24. The smallest absolute Gasteiger partial charge is 0.416 e. The van der Waals surface area contributed by atoms with Gasteiger partial charge < -0.3 is 15.2 Å². The molecule has 0 bridgehead atoms. The summed E-state index contributed by atoms with van der Waals surface area (Å²) in [4.78, 5) is 26.6. The van der Waals surface area contributed by atoms with Gasteiger partial charge in [0.1, 0.15) is 11.8 Å². The summed E-state index contributed by atoms with van der Waals surface area (Å²) < 4.78 is 43.8. The van der Waals surface area contributed by atoms with Crippen LogP contribution in [0.15, 0.2) is 42.5 Å². The lowest BCUT2D eigenvalue weighted by Crippen LogP contribution is -2.38. The number of carbonyl (C=O) groups excluding carboxylic acids is 2. The number of halogens is 4. The van der Waals surface area contributed by atoms with E-state index in [0.29, 0.717) is 11.6 Å². The summed E-state index contributed by atoms with van der Waals surface area (Å²) in [5, 5.41) is 12.6. The molecule has 0 unspecified atom stereocenters. The Balaban J connectivity index is 1.77. The zero-order chi connectivity index (χ0) is 22.8. The molecule has 10 heteroatoms. The minimum absolute atomic E-state index is 0.0642. The number of hydrogen-bond acceptors (Lipinski definition) is 5. The molecule has 0 aliphatic carbocycles. The molecule has 166 valence electrons. The van der Waals surface area contributed by atoms with Gasteiger partial charge in [-0.1, -0.05) is 29.8 Å². The van der Waals surface area contributed by atoms with Gasteiger partial charge in [-0.2, -0.15) is 13.2 Å². The quantitative estimate of drug-likeness (QED) is 0.672. The van der Waals surface area contributed by atoms with Crippen molar-refractivity contribution in [2.45, 2.75) is 31.2 Å². The summed E-state index contributed by atoms with van der Waals surface area (Å²) in [6, 6.07) is 7.94. The maximum atomic E-state index is 13.0. The van der Waals surface area contributed by atoms with Gasteiger partial charge in [-0.05, 0) is 30.7 Å². The maximum Gasteiger partial charge on any atom is 0.416 e. The number of nitrogens with one attached hydrogen (secondary N) is 1. The number of phenols is 1. The molecule has 2 atom stereocenters. The van der Waals surface area contributed by atoms with Crippen LogP contribution >= 0.6 is 11.6 Å². The van der Waals surface area contributed by atoms with E-state index < -0.39 is 35.7 Å². The third-order valence-electron chi connectivity index (χ3n) is 5.12. The molecule has 31 heavy (non-hydrogen) atoms. The normalized spacial score (nSPS) is 19.3. The number of aromatic hydroxyl groups is 1. The zero-order valence-corrected chi connectivity index (χ0v) is 17.2. The largest absolute Gasteiger partial charge is 0.508 e. The van der Waals surface area contributed by atoms with E-state index in [-0.39, 0.29) is 35.8 Å². The molecule has 0 aromatic heterocycles. The summed E-state index contributed by atoms with van der Waals surface area (Å²) in [6.45, 7) is 0.458. The van der Waals surface area contributed by atoms with Crippen LogP contribution in [0.3, 0.4) is 0 Å². The van der Waals surface area contributed by atoms with E-state index in [2.05, 4.69) is 5.32 Å². The highest BCUT2D eigenvalue weighted by Gasteiger charge is 2.39. The number of nitrogens with zero attached hydrogens (tertiary/aromatic N) is 1. The minimum Gasteiger partial charge on any atom is -0.508 e. The van der Waals surface area contributed by atoms with Crippen LogP contribution in [-0.2, 0) is 22.3 Å². The first-order valence-electron chi connectivity index (χ1n) is 9.36. The molecule has 3 rings (SSSR count). The van der Waals surface area contributed by atoms with Crippen molar-refractivity contribution in [3.8, 4) is 5.75 Å². The Morgan fingerprint density at radius 1 is 1.26 bits per heavy atom. The van der Waals surface area contributed by atoms with E-state index in [9.17, 15) is 27.9 Å². The van der Waals surface area contributed by atoms with Gasteiger partial charge in [0, 0.05) is 24.7 Å². The molecular formula is C21H20ClF3N2O4. The molecule has 0 saturated carbocycles. The van der Waals surface area contributed by atoms with Crippen LogP contribution in [-0.4, -0.2) is 47.6 Å². The van der Waals surface area contributed by atoms with E-state index in [1.165, 1.54) is 13.2 Å². The second-order valence-electron chi connectivity index (χ2n) is 7.20. The average Bonchev–Trinajstić information content (AvgIpc) is 3.10. The van der Waals surface area contributed by atoms with Crippen molar-refractivity contribution >= 4 is 23.5 Å². The van der Waals surface area contributed by atoms with Crippen molar-refractivity contribution in [2.75, 3.05) is 13.7 Å². The number of methoxy groups -OCH3 is 1. The first kappa shape index (κ1) is 22.9. The third kappa shape index (κ3) is 5.29. The highest BCUT2D eigenvalue weighted by Crippen LogP contribution is 2.32. The van der Waals surface area contributed by atoms with E-state index >= 15 is 0 Å². The number of ether oxygens (including phenoxy) is 1. The molecule has 1 aliphatic heterocycles. The Kier molecular flexibility index (Phi) is 6.76. The van der Waals surface area contributed by atoms with Gasteiger partial charge in [-0.3, -0.25) is 14.5 Å². The second kappa shape index (κ2) is 9.15. The lowest BCUT2D eigenvalue weighted by molar-refractivity contribution is -0.146. The molecule has 2 aromatic rings. The summed E-state index contributed by atoms with van der Waals surface area (Å²) >= 11 is 5.94. The van der Waals surface area contributed by atoms with E-state index in [1.807, 2.05) is 0 Å². The number of rotatable bonds is 5. The Morgan fingerprint density at radius 3 is 2.61 bits per heavy atom. The summed E-state index contributed by atoms with van der Waals surface area (Å²) in [6.07, 6.45) is -4.42. The number of esters is 1. The molecule has 2 aromatic carbocycles. The number of para-hydroxylation sites is 1. The van der Waals surface area contributed by atoms with Gasteiger partial charge in [0.25, 0.3) is 5.91 Å². The topological polar surface area (TPSA) is 78.9 Å². The molecule has 1 amide bonds. The van der Waals surface area contributed by atoms with Crippen LogP contribution in [0.5, 0.6) is 5.75 Å². The van der Waals surface area contributed by atoms with Crippen LogP contribution in [0.25, 0.3) is 0 Å². The van der Waals surface area contributed by atoms with Crippen molar-refractivity contribution in [1.29, 1.82) is 0 Å². The fourth-order valence-corrected chi connectivity index (χ4v) is 3.77. The number of likely N-dealkylation sites (tertiary alicyclic amines) is 1. The molecule has 1 fully saturated rings. The number of amides is 1. The van der Waals surface area contributed by atoms with Gasteiger partial charge in [-0.25, -0.2) is 0 Å². The van der Waals surface area contributed by atoms with E-state index in [4.69, 9.17) is 16.3 Å². The van der Waals surface area contributed by atoms with E-state index in [1.54, 1.807) is 23.1 Å². The lowest BCUT2D eigenvalue weighted by Gasteiger charge is -2.22. The predicted molar refractivity (Wildman–Crippen MR) is 107 cm³/mol. The molecule has 1 heterocycles. The first-order valence-corrected chi connectivity index (χ1v) is 9.74. The predicted octanol–water partition coefficient (Wildman–Crippen LogP) is 3.61. The molecule has 1 saturated heterocycles. The summed E-state index contributed by atoms with van der Waals surface area (Å²) in [5.41, 5.74) is -0.698. The molecule has 0 spiro atoms. The van der Waals surface area contributed by atoms with Crippen LogP contribution in [0, 0.1) is 0 Å². The monoisotopic (exact) mass is 456 g/mol. The van der Waals surface area contributed by atoms with Gasteiger partial charge >= 0.3 is 12.1 Å². The molecule has 1 aliphatic rings. The van der Waals surface area contributed by atoms with Crippen molar-refractivity contribution in [3.05, 3.63) is 64.2 Å². The van der Waals surface area contributed by atoms with Gasteiger partial charge in [0.05, 0.1) is 23.3 Å². The van der Waals surface area contributed by atoms with Crippen LogP contribution in [0.1, 0.15) is 27.9 Å². The Bertz CT molecular complexity index is 983. The van der Waals surface area contributed by atoms with E-state index in [0.717, 1.165) is 12.1 Å². The maximum absolute atomic E-state index is 13.0. The number of hydrogen-bond donors (Lipinski definition) is 2. The average molecular weight is 457 g/mol. The highest BCUT2D eigenvalue weighted by atomic mass is 35.5. The SMILES string of the molecule is COC(=O)[C@@H]1C[C@H](NC(=O)c2cc(C(F)(F)F)ccc2Cl)CN1Cc1ccccc1O. The molecular weight excluding hydrogens is 437 g/mol. The van der Waals surface area contributed by atoms with Crippen molar-refractivity contribution < 1.29 is 32.6 Å². The Hall–Kier alpha value is -2.78. The van der Waals surface area contributed by atoms with Gasteiger partial charge in [0.15, 0.2) is 0 Å². The first-order chi connectivity index (χ1) is 14.6. The molecule has 6 nitrogen and oxygen atoms in total. The number of alkyl halides is 3. The summed E-state index contributed by atoms with van der Waals surface area (Å²) in [5.74, 6) is -1.22. The minimum atomic E-state index is -4.61. The number of benzene rings is 2. The zero-order valence-electron chi connectivity index (χ0n) is 16.4. The Morgan fingerprint density at radius 2 is 1.97 bits per heavy atom. The Labute approximate surface area is 181 Å². The fourth-order valence-electron chi connectivity index (χ4n) is 3.57. The molecule has 2 N–H and O–H groups in total. The highest BCUT2D eigenvalue weighted by molar-refractivity contribution is 6.33. The van der Waals surface area contributed by atoms with Crippen molar-refractivity contribution in [2.24, 2.45) is 0 Å². The van der Waals surface area contributed by atoms with Gasteiger partial charge in [-0.15, -0.1) is 0 Å². The fraction of sp³-hybridized carbons (Fsp3) is 0.333. The standard InChI is InChI=1S/C21H20ClF3N2O4/c1-31-20(30)17-9-14(11-27(17)10-12-4-2-3-5-18(12)28)26-19(29)15-8-13(21(23,24)25)6-7-16(15)22/h2-8,14,17,28H,9-11H2,1H3,(H,26,29)/t14-,17-/m0/s1. The van der Waals surface area contributed by atoms with Crippen LogP contribution in [0.4, 0.5) is 13.2 Å². The number of phenolic OH excluding ortho intramolecular Hbond substituents is 1. The number of carbonyl (C=O) groups is 2. The molecule has 0 radical (unpaired) electrons. The third-order valence-corrected chi connectivity index (χ3v) is 5.44. The van der Waals surface area contributed by atoms with Crippen molar-refractivity contribution in [1.82, 2.24) is 10.2 Å².